The molecule has 1 spiro atoms. The molecule has 0 unspecified atom stereocenters. The molecule has 2 rings (SSSR count). The van der Waals surface area contributed by atoms with E-state index in [1.54, 1.807) is 0 Å². The molecule has 3 heteroatoms. The van der Waals surface area contributed by atoms with E-state index < -0.39 is 0 Å². The van der Waals surface area contributed by atoms with Crippen LogP contribution in [0.4, 0.5) is 0 Å². The summed E-state index contributed by atoms with van der Waals surface area (Å²) in [5.74, 6) is 0.118. The highest BCUT2D eigenvalue weighted by Crippen LogP contribution is 2.43. The lowest BCUT2D eigenvalue weighted by Crippen LogP contribution is -2.75. The minimum Gasteiger partial charge on any atom is -0.337 e. The van der Waals surface area contributed by atoms with Crippen molar-refractivity contribution in [2.45, 2.75) is 37.3 Å². The van der Waals surface area contributed by atoms with Crippen LogP contribution in [0.3, 0.4) is 0 Å². The van der Waals surface area contributed by atoms with Crippen molar-refractivity contribution in [3.63, 3.8) is 0 Å². The molecule has 3 nitrogen and oxygen atoms in total. The van der Waals surface area contributed by atoms with E-state index in [-0.39, 0.29) is 17.5 Å². The highest BCUT2D eigenvalue weighted by atomic mass is 16.2. The second-order valence-corrected chi connectivity index (χ2v) is 3.69. The van der Waals surface area contributed by atoms with Crippen molar-refractivity contribution < 1.29 is 4.79 Å². The molecule has 0 aromatic rings. The van der Waals surface area contributed by atoms with Gasteiger partial charge in [0.1, 0.15) is 6.04 Å². The molecule has 1 atom stereocenters. The first-order chi connectivity index (χ1) is 5.18. The Kier molecular flexibility index (Phi) is 1.27. The van der Waals surface area contributed by atoms with E-state index in [1.807, 2.05) is 11.9 Å². The van der Waals surface area contributed by atoms with Crippen molar-refractivity contribution in [2.75, 3.05) is 7.05 Å². The molecule has 1 saturated carbocycles. The summed E-state index contributed by atoms with van der Waals surface area (Å²) >= 11 is 0. The highest BCUT2D eigenvalue weighted by Gasteiger charge is 2.57. The normalized spacial score (nSPS) is 34.5. The zero-order valence-electron chi connectivity index (χ0n) is 6.84. The lowest BCUT2D eigenvalue weighted by molar-refractivity contribution is -0.157. The van der Waals surface area contributed by atoms with Crippen molar-refractivity contribution in [3.05, 3.63) is 0 Å². The minimum absolute atomic E-state index is 0.0666. The number of nitrogens with zero attached hydrogens (tertiary/aromatic N) is 1. The Labute approximate surface area is 66.5 Å². The number of nitrogens with two attached hydrogens (primary N) is 1. The van der Waals surface area contributed by atoms with Crippen LogP contribution in [0, 0.1) is 0 Å². The van der Waals surface area contributed by atoms with Gasteiger partial charge >= 0.3 is 0 Å². The van der Waals surface area contributed by atoms with Crippen molar-refractivity contribution >= 4 is 5.91 Å². The highest BCUT2D eigenvalue weighted by molar-refractivity contribution is 5.90. The van der Waals surface area contributed by atoms with E-state index in [2.05, 4.69) is 0 Å². The topological polar surface area (TPSA) is 46.3 Å². The maximum absolute atomic E-state index is 11.1. The molecular weight excluding hydrogens is 140 g/mol. The third-order valence-corrected chi connectivity index (χ3v) is 3.31. The van der Waals surface area contributed by atoms with Crippen LogP contribution in [-0.4, -0.2) is 29.4 Å². The Balaban J connectivity index is 2.20. The summed E-state index contributed by atoms with van der Waals surface area (Å²) < 4.78 is 0. The first-order valence-electron chi connectivity index (χ1n) is 4.22. The van der Waals surface area contributed by atoms with Gasteiger partial charge in [0.15, 0.2) is 0 Å². The summed E-state index contributed by atoms with van der Waals surface area (Å²) in [6.45, 7) is 0. The number of hydrogen-bond acceptors (Lipinski definition) is 2. The lowest BCUT2D eigenvalue weighted by atomic mass is 9.78. The predicted octanol–water partition coefficient (Wildman–Crippen LogP) is 0.0985. The number of likely N-dealkylation sites (N-methyl/N-ethyl adjacent to an activating group) is 1. The number of carbonyl (C=O) groups excluding carboxylic acids is 1. The largest absolute Gasteiger partial charge is 0.337 e. The van der Waals surface area contributed by atoms with Gasteiger partial charge in [0, 0.05) is 7.05 Å². The summed E-state index contributed by atoms with van der Waals surface area (Å²) in [4.78, 5) is 13.0. The maximum Gasteiger partial charge on any atom is 0.242 e. The van der Waals surface area contributed by atoms with Gasteiger partial charge in [-0.2, -0.15) is 0 Å². The minimum atomic E-state index is -0.199. The molecular formula is C8H14N2O. The van der Waals surface area contributed by atoms with E-state index in [1.165, 1.54) is 12.8 Å². The van der Waals surface area contributed by atoms with Crippen molar-refractivity contribution in [3.8, 4) is 0 Å². The number of amides is 1. The van der Waals surface area contributed by atoms with Crippen LogP contribution in [0.2, 0.25) is 0 Å². The Hall–Kier alpha value is -0.570. The Morgan fingerprint density at radius 3 is 2.55 bits per heavy atom. The van der Waals surface area contributed by atoms with Gasteiger partial charge in [-0.25, -0.2) is 0 Å². The van der Waals surface area contributed by atoms with Gasteiger partial charge in [-0.1, -0.05) is 12.8 Å². The molecule has 2 fully saturated rings. The van der Waals surface area contributed by atoms with Crippen molar-refractivity contribution in [1.82, 2.24) is 4.90 Å². The summed E-state index contributed by atoms with van der Waals surface area (Å²) in [6.07, 6.45) is 4.67. The fourth-order valence-electron chi connectivity index (χ4n) is 2.43. The van der Waals surface area contributed by atoms with Crippen LogP contribution < -0.4 is 5.73 Å². The van der Waals surface area contributed by atoms with E-state index in [0.29, 0.717) is 0 Å². The molecule has 0 radical (unpaired) electrons. The number of hydrogen-bond donors (Lipinski definition) is 1. The van der Waals surface area contributed by atoms with Gasteiger partial charge in [0.25, 0.3) is 0 Å². The summed E-state index contributed by atoms with van der Waals surface area (Å²) in [6, 6.07) is -0.199. The maximum atomic E-state index is 11.1. The number of carbonyl (C=O) groups is 1. The average molecular weight is 154 g/mol. The van der Waals surface area contributed by atoms with Crippen LogP contribution in [0.5, 0.6) is 0 Å². The molecule has 1 heterocycles. The Bertz CT molecular complexity index is 182. The third kappa shape index (κ3) is 0.644. The molecule has 1 aliphatic carbocycles. The number of likely N-dealkylation sites (tertiary alicyclic amines) is 1. The van der Waals surface area contributed by atoms with Crippen LogP contribution >= 0.6 is 0 Å². The molecule has 2 N–H and O–H groups in total. The first kappa shape index (κ1) is 7.10. The van der Waals surface area contributed by atoms with Crippen molar-refractivity contribution in [2.24, 2.45) is 5.73 Å². The fourth-order valence-corrected chi connectivity index (χ4v) is 2.43. The molecule has 11 heavy (non-hydrogen) atoms. The van der Waals surface area contributed by atoms with E-state index in [0.717, 1.165) is 12.8 Å². The van der Waals surface area contributed by atoms with Gasteiger partial charge in [-0.3, -0.25) is 4.79 Å². The summed E-state index contributed by atoms with van der Waals surface area (Å²) in [5, 5.41) is 0. The molecule has 1 saturated heterocycles. The van der Waals surface area contributed by atoms with Crippen LogP contribution in [-0.2, 0) is 4.79 Å². The van der Waals surface area contributed by atoms with Gasteiger partial charge in [-0.05, 0) is 12.8 Å². The molecule has 0 aromatic heterocycles. The molecule has 1 amide bonds. The third-order valence-electron chi connectivity index (χ3n) is 3.31. The molecule has 0 aromatic carbocycles. The number of β-lactam (4-membered cyclic amide) rings is 1. The fraction of sp³-hybridized carbons (Fsp3) is 0.875. The first-order valence-corrected chi connectivity index (χ1v) is 4.22. The second kappa shape index (κ2) is 1.97. The summed E-state index contributed by atoms with van der Waals surface area (Å²) in [5.41, 5.74) is 5.83. The quantitative estimate of drug-likeness (QED) is 0.503. The van der Waals surface area contributed by atoms with E-state index in [9.17, 15) is 4.79 Å². The SMILES string of the molecule is CN1C(=O)[C@@H](N)C12CCCC2. The predicted molar refractivity (Wildman–Crippen MR) is 41.9 cm³/mol. The molecule has 62 valence electrons. The lowest BCUT2D eigenvalue weighted by Gasteiger charge is -2.52. The Morgan fingerprint density at radius 1 is 1.55 bits per heavy atom. The number of rotatable bonds is 0. The monoisotopic (exact) mass is 154 g/mol. The van der Waals surface area contributed by atoms with Gasteiger partial charge in [0.05, 0.1) is 5.54 Å². The summed E-state index contributed by atoms with van der Waals surface area (Å²) in [7, 11) is 1.87. The van der Waals surface area contributed by atoms with Gasteiger partial charge in [-0.15, -0.1) is 0 Å². The molecule has 0 bridgehead atoms. The smallest absolute Gasteiger partial charge is 0.242 e. The van der Waals surface area contributed by atoms with Crippen LogP contribution in [0.15, 0.2) is 0 Å². The zero-order chi connectivity index (χ0) is 8.06. The molecule has 1 aliphatic heterocycles. The molecule has 2 aliphatic rings. The van der Waals surface area contributed by atoms with Crippen molar-refractivity contribution in [1.29, 1.82) is 0 Å². The zero-order valence-corrected chi connectivity index (χ0v) is 6.84. The standard InChI is InChI=1S/C8H14N2O/c1-10-7(11)6(9)8(10)4-2-3-5-8/h6H,2-5,9H2,1H3/t6-/m1/s1. The van der Waals surface area contributed by atoms with Crippen LogP contribution in [0.1, 0.15) is 25.7 Å². The van der Waals surface area contributed by atoms with Gasteiger partial charge < -0.3 is 10.6 Å². The Morgan fingerprint density at radius 2 is 2.09 bits per heavy atom. The second-order valence-electron chi connectivity index (χ2n) is 3.69. The van der Waals surface area contributed by atoms with E-state index >= 15 is 0 Å². The van der Waals surface area contributed by atoms with Gasteiger partial charge in [0.2, 0.25) is 5.91 Å². The van der Waals surface area contributed by atoms with Crippen LogP contribution in [0.25, 0.3) is 0 Å². The van der Waals surface area contributed by atoms with E-state index in [4.69, 9.17) is 5.73 Å². The average Bonchev–Trinajstić information content (AvgIpc) is 2.51.